The van der Waals surface area contributed by atoms with Crippen molar-refractivity contribution in [2.75, 3.05) is 18.4 Å². The number of aromatic nitrogens is 2. The van der Waals surface area contributed by atoms with Gasteiger partial charge in [0.05, 0.1) is 6.54 Å². The molecule has 0 saturated heterocycles. The maximum Gasteiger partial charge on any atom is 0.239 e. The molecule has 0 atom stereocenters. The van der Waals surface area contributed by atoms with Gasteiger partial charge < -0.3 is 10.6 Å². The number of anilines is 1. The number of hydrogen-bond acceptors (Lipinski definition) is 5. The summed E-state index contributed by atoms with van der Waals surface area (Å²) in [5, 5.41) is 6.43. The maximum atomic E-state index is 11.4. The lowest BCUT2D eigenvalue weighted by Crippen LogP contribution is -2.30. The van der Waals surface area contributed by atoms with Crippen LogP contribution in [0.4, 0.5) is 5.13 Å². The molecule has 0 spiro atoms. The maximum absolute atomic E-state index is 11.4. The average Bonchev–Trinajstić information content (AvgIpc) is 2.93. The van der Waals surface area contributed by atoms with Gasteiger partial charge in [-0.15, -0.1) is 0 Å². The van der Waals surface area contributed by atoms with Crippen molar-refractivity contribution in [3.63, 3.8) is 0 Å². The highest BCUT2D eigenvalue weighted by Crippen LogP contribution is 2.20. The van der Waals surface area contributed by atoms with Crippen LogP contribution in [0.25, 0.3) is 11.4 Å². The van der Waals surface area contributed by atoms with E-state index in [4.69, 9.17) is 0 Å². The number of hydrogen-bond donors (Lipinski definition) is 2. The molecule has 1 aromatic heterocycles. The molecule has 0 radical (unpaired) electrons. The second-order valence-electron chi connectivity index (χ2n) is 3.99. The molecular formula is C13H16N4OS. The van der Waals surface area contributed by atoms with E-state index in [1.807, 2.05) is 37.3 Å². The predicted molar refractivity (Wildman–Crippen MR) is 77.1 cm³/mol. The molecule has 0 aliphatic heterocycles. The molecule has 0 aliphatic rings. The third-order valence-electron chi connectivity index (χ3n) is 2.43. The number of carbonyl (C=O) groups is 1. The highest BCUT2D eigenvalue weighted by atomic mass is 32.1. The van der Waals surface area contributed by atoms with Gasteiger partial charge in [-0.2, -0.15) is 9.36 Å². The van der Waals surface area contributed by atoms with Crippen LogP contribution in [0.1, 0.15) is 13.3 Å². The van der Waals surface area contributed by atoms with Gasteiger partial charge in [-0.1, -0.05) is 37.3 Å². The lowest BCUT2D eigenvalue weighted by atomic mass is 10.2. The Bertz CT molecular complexity index is 526. The van der Waals surface area contributed by atoms with Crippen LogP contribution in [0.15, 0.2) is 30.3 Å². The molecule has 1 amide bonds. The summed E-state index contributed by atoms with van der Waals surface area (Å²) < 4.78 is 4.26. The van der Waals surface area contributed by atoms with Crippen LogP contribution in [0, 0.1) is 0 Å². The Balaban J connectivity index is 1.90. The second-order valence-corrected chi connectivity index (χ2v) is 4.74. The number of nitrogens with zero attached hydrogens (tertiary/aromatic N) is 2. The Labute approximate surface area is 116 Å². The first-order chi connectivity index (χ1) is 9.29. The smallest absolute Gasteiger partial charge is 0.239 e. The van der Waals surface area contributed by atoms with E-state index in [2.05, 4.69) is 20.0 Å². The first kappa shape index (κ1) is 13.5. The number of carbonyl (C=O) groups excluding carboxylic acids is 1. The fourth-order valence-electron chi connectivity index (χ4n) is 1.48. The van der Waals surface area contributed by atoms with Crippen molar-refractivity contribution in [3.8, 4) is 11.4 Å². The highest BCUT2D eigenvalue weighted by molar-refractivity contribution is 7.09. The van der Waals surface area contributed by atoms with E-state index < -0.39 is 0 Å². The summed E-state index contributed by atoms with van der Waals surface area (Å²) in [7, 11) is 0. The fraction of sp³-hybridized carbons (Fsp3) is 0.308. The van der Waals surface area contributed by atoms with Crippen LogP contribution >= 0.6 is 11.5 Å². The summed E-state index contributed by atoms with van der Waals surface area (Å²) in [5.41, 5.74) is 0.974. The number of benzene rings is 1. The lowest BCUT2D eigenvalue weighted by Gasteiger charge is -2.03. The van der Waals surface area contributed by atoms with Gasteiger partial charge in [-0.05, 0) is 6.42 Å². The highest BCUT2D eigenvalue weighted by Gasteiger charge is 2.07. The molecule has 2 N–H and O–H groups in total. The molecule has 0 aliphatic carbocycles. The quantitative estimate of drug-likeness (QED) is 0.848. The van der Waals surface area contributed by atoms with Crippen LogP contribution in [0.2, 0.25) is 0 Å². The lowest BCUT2D eigenvalue weighted by molar-refractivity contribution is -0.119. The Morgan fingerprint density at radius 2 is 2.11 bits per heavy atom. The fourth-order valence-corrected chi connectivity index (χ4v) is 2.07. The van der Waals surface area contributed by atoms with E-state index >= 15 is 0 Å². The zero-order valence-corrected chi connectivity index (χ0v) is 11.5. The average molecular weight is 276 g/mol. The third kappa shape index (κ3) is 4.03. The van der Waals surface area contributed by atoms with E-state index in [1.165, 1.54) is 11.5 Å². The van der Waals surface area contributed by atoms with Gasteiger partial charge in [0.1, 0.15) is 0 Å². The number of nitrogens with one attached hydrogen (secondary N) is 2. The van der Waals surface area contributed by atoms with Gasteiger partial charge in [0.25, 0.3) is 0 Å². The Morgan fingerprint density at radius 3 is 2.84 bits per heavy atom. The Morgan fingerprint density at radius 1 is 1.32 bits per heavy atom. The van der Waals surface area contributed by atoms with Gasteiger partial charge in [0.2, 0.25) is 11.0 Å². The third-order valence-corrected chi connectivity index (χ3v) is 3.10. The van der Waals surface area contributed by atoms with Crippen molar-refractivity contribution in [1.82, 2.24) is 14.7 Å². The van der Waals surface area contributed by atoms with E-state index in [1.54, 1.807) is 0 Å². The SMILES string of the molecule is CCCNC(=O)CNc1nc(-c2ccccc2)ns1. The van der Waals surface area contributed by atoms with Crippen LogP contribution in [0.3, 0.4) is 0 Å². The number of amides is 1. The first-order valence-electron chi connectivity index (χ1n) is 6.19. The minimum absolute atomic E-state index is 0.0293. The zero-order chi connectivity index (χ0) is 13.5. The molecule has 6 heteroatoms. The minimum atomic E-state index is -0.0293. The van der Waals surface area contributed by atoms with Gasteiger partial charge in [-0.3, -0.25) is 4.79 Å². The normalized spacial score (nSPS) is 10.2. The van der Waals surface area contributed by atoms with E-state index in [9.17, 15) is 4.79 Å². The van der Waals surface area contributed by atoms with Crippen molar-refractivity contribution >= 4 is 22.6 Å². The summed E-state index contributed by atoms with van der Waals surface area (Å²) in [5.74, 6) is 0.653. The van der Waals surface area contributed by atoms with Crippen molar-refractivity contribution < 1.29 is 4.79 Å². The topological polar surface area (TPSA) is 66.9 Å². The summed E-state index contributed by atoms with van der Waals surface area (Å²) >= 11 is 1.26. The molecule has 0 saturated carbocycles. The predicted octanol–water partition coefficient (Wildman–Crippen LogP) is 2.14. The van der Waals surface area contributed by atoms with Gasteiger partial charge >= 0.3 is 0 Å². The minimum Gasteiger partial charge on any atom is -0.355 e. The molecular weight excluding hydrogens is 260 g/mol. The second kappa shape index (κ2) is 6.84. The molecule has 0 bridgehead atoms. The first-order valence-corrected chi connectivity index (χ1v) is 6.96. The summed E-state index contributed by atoms with van der Waals surface area (Å²) in [6, 6.07) is 9.76. The molecule has 2 rings (SSSR count). The molecule has 1 heterocycles. The molecule has 1 aromatic carbocycles. The van der Waals surface area contributed by atoms with E-state index in [0.717, 1.165) is 12.0 Å². The molecule has 0 fully saturated rings. The van der Waals surface area contributed by atoms with Gasteiger partial charge in [-0.25, -0.2) is 0 Å². The van der Waals surface area contributed by atoms with Gasteiger partial charge in [0, 0.05) is 23.6 Å². The van der Waals surface area contributed by atoms with Crippen molar-refractivity contribution in [2.24, 2.45) is 0 Å². The standard InChI is InChI=1S/C13H16N4OS/c1-2-8-14-11(18)9-15-13-16-12(17-19-13)10-6-4-3-5-7-10/h3-7H,2,8-9H2,1H3,(H,14,18)(H,15,16,17). The molecule has 100 valence electrons. The molecule has 2 aromatic rings. The van der Waals surface area contributed by atoms with Crippen LogP contribution < -0.4 is 10.6 Å². The zero-order valence-electron chi connectivity index (χ0n) is 10.7. The summed E-state index contributed by atoms with van der Waals surface area (Å²) in [6.45, 7) is 2.94. The Hall–Kier alpha value is -1.95. The van der Waals surface area contributed by atoms with Crippen LogP contribution in [0.5, 0.6) is 0 Å². The molecule has 5 nitrogen and oxygen atoms in total. The van der Waals surface area contributed by atoms with Gasteiger partial charge in [0.15, 0.2) is 5.82 Å². The van der Waals surface area contributed by atoms with Crippen molar-refractivity contribution in [1.29, 1.82) is 0 Å². The summed E-state index contributed by atoms with van der Waals surface area (Å²) in [4.78, 5) is 15.8. The van der Waals surface area contributed by atoms with Crippen LogP contribution in [-0.4, -0.2) is 28.4 Å². The molecule has 0 unspecified atom stereocenters. The monoisotopic (exact) mass is 276 g/mol. The number of rotatable bonds is 6. The van der Waals surface area contributed by atoms with E-state index in [0.29, 0.717) is 17.5 Å². The Kier molecular flexibility index (Phi) is 4.85. The van der Waals surface area contributed by atoms with Crippen molar-refractivity contribution in [3.05, 3.63) is 30.3 Å². The largest absolute Gasteiger partial charge is 0.355 e. The van der Waals surface area contributed by atoms with Crippen LogP contribution in [-0.2, 0) is 4.79 Å². The van der Waals surface area contributed by atoms with Crippen molar-refractivity contribution in [2.45, 2.75) is 13.3 Å². The summed E-state index contributed by atoms with van der Waals surface area (Å²) in [6.07, 6.45) is 0.933. The molecule has 19 heavy (non-hydrogen) atoms. The van der Waals surface area contributed by atoms with E-state index in [-0.39, 0.29) is 12.5 Å².